The molecule has 0 radical (unpaired) electrons. The van der Waals surface area contributed by atoms with Gasteiger partial charge < -0.3 is 4.23 Å². The number of hydrogen-bond donors (Lipinski definition) is 0. The topological polar surface area (TPSA) is 4.93 Å². The summed E-state index contributed by atoms with van der Waals surface area (Å²) in [6.07, 6.45) is 2.22. The van der Waals surface area contributed by atoms with Crippen LogP contribution in [0.25, 0.3) is 10.9 Å². The lowest BCUT2D eigenvalue weighted by Gasteiger charge is -2.38. The van der Waals surface area contributed by atoms with Crippen molar-refractivity contribution in [3.8, 4) is 0 Å². The normalized spacial score (nSPS) is 13.3. The Morgan fingerprint density at radius 2 is 1.76 bits per heavy atom. The third-order valence-electron chi connectivity index (χ3n) is 4.09. The highest BCUT2D eigenvalue weighted by Gasteiger charge is 2.37. The molecule has 0 aliphatic rings. The minimum atomic E-state index is -1.56. The van der Waals surface area contributed by atoms with E-state index in [1.165, 1.54) is 10.9 Å². The van der Waals surface area contributed by atoms with Crippen molar-refractivity contribution in [2.45, 2.75) is 38.9 Å². The average molecular weight is 266 g/mol. The van der Waals surface area contributed by atoms with Gasteiger partial charge in [0, 0.05) is 10.5 Å². The van der Waals surface area contributed by atoms with Crippen LogP contribution in [0.3, 0.4) is 0 Å². The molecule has 0 aliphatic carbocycles. The quantitative estimate of drug-likeness (QED) is 0.629. The lowest BCUT2D eigenvalue weighted by atomic mass is 10.2. The van der Waals surface area contributed by atoms with Crippen LogP contribution in [0, 0.1) is 0 Å². The van der Waals surface area contributed by atoms with Crippen LogP contribution in [0.15, 0.2) is 30.5 Å². The summed E-state index contributed by atoms with van der Waals surface area (Å²) in [6.45, 7) is 11.8. The average Bonchev–Trinajstić information content (AvgIpc) is 2.58. The Bertz CT molecular complexity index is 549. The van der Waals surface area contributed by atoms with Crippen LogP contribution in [0.4, 0.5) is 0 Å². The molecule has 0 fully saturated rings. The highest BCUT2D eigenvalue weighted by Crippen LogP contribution is 2.39. The zero-order valence-electron chi connectivity index (χ0n) is 11.2. The van der Waals surface area contributed by atoms with E-state index >= 15 is 0 Å². The number of aromatic nitrogens is 1. The summed E-state index contributed by atoms with van der Waals surface area (Å²) < 4.78 is 2.47. The zero-order chi connectivity index (χ0) is 12.8. The molecule has 0 atom stereocenters. The molecule has 1 nitrogen and oxygen atoms in total. The Balaban J connectivity index is 2.68. The summed E-state index contributed by atoms with van der Waals surface area (Å²) in [5.41, 5.74) is 1.27. The second kappa shape index (κ2) is 3.89. The van der Waals surface area contributed by atoms with Gasteiger partial charge in [-0.3, -0.25) is 0 Å². The van der Waals surface area contributed by atoms with Crippen molar-refractivity contribution < 1.29 is 0 Å². The maximum atomic E-state index is 6.11. The molecule has 17 heavy (non-hydrogen) atoms. The van der Waals surface area contributed by atoms with E-state index in [0.29, 0.717) is 5.04 Å². The predicted molar refractivity (Wildman–Crippen MR) is 79.5 cm³/mol. The van der Waals surface area contributed by atoms with Crippen molar-refractivity contribution in [3.05, 3.63) is 35.5 Å². The van der Waals surface area contributed by atoms with E-state index in [4.69, 9.17) is 11.6 Å². The number of hydrogen-bond acceptors (Lipinski definition) is 0. The molecule has 1 heterocycles. The van der Waals surface area contributed by atoms with E-state index in [0.717, 1.165) is 5.02 Å². The van der Waals surface area contributed by atoms with Gasteiger partial charge in [0.15, 0.2) is 8.24 Å². The van der Waals surface area contributed by atoms with Crippen LogP contribution >= 0.6 is 11.6 Å². The summed E-state index contributed by atoms with van der Waals surface area (Å²) in [6, 6.07) is 8.32. The van der Waals surface area contributed by atoms with Gasteiger partial charge in [0.25, 0.3) is 0 Å². The van der Waals surface area contributed by atoms with Crippen LogP contribution in [-0.4, -0.2) is 12.5 Å². The molecule has 0 N–H and O–H groups in total. The first-order valence-electron chi connectivity index (χ1n) is 6.00. The molecular weight excluding hydrogens is 246 g/mol. The Kier molecular flexibility index (Phi) is 2.91. The first kappa shape index (κ1) is 12.7. The minimum absolute atomic E-state index is 0.321. The predicted octanol–water partition coefficient (Wildman–Crippen LogP) is 5.15. The molecule has 0 amide bonds. The van der Waals surface area contributed by atoms with E-state index in [1.807, 2.05) is 6.07 Å². The number of benzene rings is 1. The fourth-order valence-corrected chi connectivity index (χ4v) is 4.08. The molecular formula is C14H20ClNSi. The van der Waals surface area contributed by atoms with Gasteiger partial charge in [-0.15, -0.1) is 0 Å². The second-order valence-corrected chi connectivity index (χ2v) is 11.7. The molecule has 1 aromatic carbocycles. The smallest absolute Gasteiger partial charge is 0.161 e. The Hall–Kier alpha value is -0.733. The van der Waals surface area contributed by atoms with Crippen LogP contribution in [-0.2, 0) is 0 Å². The highest BCUT2D eigenvalue weighted by molar-refractivity contribution is 6.79. The first-order valence-corrected chi connectivity index (χ1v) is 9.33. The van der Waals surface area contributed by atoms with Crippen LogP contribution in [0.1, 0.15) is 20.8 Å². The third kappa shape index (κ3) is 2.04. The lowest BCUT2D eigenvalue weighted by Crippen LogP contribution is -2.44. The van der Waals surface area contributed by atoms with Gasteiger partial charge >= 0.3 is 0 Å². The van der Waals surface area contributed by atoms with Gasteiger partial charge in [-0.25, -0.2) is 0 Å². The number of rotatable bonds is 1. The van der Waals surface area contributed by atoms with Gasteiger partial charge in [-0.1, -0.05) is 51.5 Å². The largest absolute Gasteiger partial charge is 0.374 e. The Morgan fingerprint density at radius 1 is 1.12 bits per heavy atom. The minimum Gasteiger partial charge on any atom is -0.374 e. The van der Waals surface area contributed by atoms with Gasteiger partial charge in [0.2, 0.25) is 0 Å². The standard InChI is InChI=1S/C14H20ClNSi/c1-14(2,3)17(4,5)16-9-8-11-6-7-12(15)10-13(11)16/h6-10H,1-5H3. The summed E-state index contributed by atoms with van der Waals surface area (Å²) >= 11 is 6.11. The molecule has 0 spiro atoms. The SMILES string of the molecule is CC(C)(C)[Si](C)(C)n1ccc2ccc(Cl)cc21. The molecule has 0 bridgehead atoms. The molecule has 92 valence electrons. The second-order valence-electron chi connectivity index (χ2n) is 6.20. The van der Waals surface area contributed by atoms with Crippen LogP contribution in [0.2, 0.25) is 23.2 Å². The van der Waals surface area contributed by atoms with Gasteiger partial charge in [-0.05, 0) is 34.8 Å². The summed E-state index contributed by atoms with van der Waals surface area (Å²) in [7, 11) is -1.56. The maximum absolute atomic E-state index is 6.11. The monoisotopic (exact) mass is 265 g/mol. The molecule has 1 aromatic heterocycles. The fourth-order valence-electron chi connectivity index (χ4n) is 1.95. The maximum Gasteiger partial charge on any atom is 0.161 e. The van der Waals surface area contributed by atoms with Crippen molar-refractivity contribution in [2.75, 3.05) is 0 Å². The van der Waals surface area contributed by atoms with Gasteiger partial charge in [-0.2, -0.15) is 0 Å². The van der Waals surface area contributed by atoms with Gasteiger partial charge in [0.1, 0.15) is 0 Å². The molecule has 0 saturated heterocycles. The van der Waals surface area contributed by atoms with Gasteiger partial charge in [0.05, 0.1) is 0 Å². The summed E-state index contributed by atoms with van der Waals surface area (Å²) in [5, 5.41) is 2.41. The van der Waals surface area contributed by atoms with E-state index < -0.39 is 8.24 Å². The molecule has 0 saturated carbocycles. The van der Waals surface area contributed by atoms with Crippen molar-refractivity contribution in [3.63, 3.8) is 0 Å². The van der Waals surface area contributed by atoms with E-state index in [1.54, 1.807) is 0 Å². The Labute approximate surface area is 109 Å². The molecule has 0 aliphatic heterocycles. The number of halogens is 1. The van der Waals surface area contributed by atoms with Crippen molar-refractivity contribution >= 4 is 30.7 Å². The Morgan fingerprint density at radius 3 is 2.35 bits per heavy atom. The number of fused-ring (bicyclic) bond motifs is 1. The van der Waals surface area contributed by atoms with Crippen molar-refractivity contribution in [1.82, 2.24) is 4.23 Å². The van der Waals surface area contributed by atoms with E-state index in [-0.39, 0.29) is 0 Å². The fraction of sp³-hybridized carbons (Fsp3) is 0.429. The summed E-state index contributed by atoms with van der Waals surface area (Å²) in [4.78, 5) is 0. The van der Waals surface area contributed by atoms with Crippen molar-refractivity contribution in [2.24, 2.45) is 0 Å². The number of nitrogens with zero attached hydrogens (tertiary/aromatic N) is 1. The van der Waals surface area contributed by atoms with Crippen LogP contribution < -0.4 is 0 Å². The van der Waals surface area contributed by atoms with E-state index in [2.05, 4.69) is 62.5 Å². The summed E-state index contributed by atoms with van der Waals surface area (Å²) in [5.74, 6) is 0. The first-order chi connectivity index (χ1) is 7.73. The molecule has 2 rings (SSSR count). The zero-order valence-corrected chi connectivity index (χ0v) is 13.0. The third-order valence-corrected chi connectivity index (χ3v) is 9.59. The highest BCUT2D eigenvalue weighted by atomic mass is 35.5. The van der Waals surface area contributed by atoms with Crippen molar-refractivity contribution in [1.29, 1.82) is 0 Å². The van der Waals surface area contributed by atoms with E-state index in [9.17, 15) is 0 Å². The van der Waals surface area contributed by atoms with Crippen LogP contribution in [0.5, 0.6) is 0 Å². The molecule has 2 aromatic rings. The lowest BCUT2D eigenvalue weighted by molar-refractivity contribution is 0.703. The molecule has 3 heteroatoms. The molecule has 0 unspecified atom stereocenters.